The fourth-order valence-electron chi connectivity index (χ4n) is 3.02. The summed E-state index contributed by atoms with van der Waals surface area (Å²) in [6.45, 7) is 3.93. The van der Waals surface area contributed by atoms with E-state index >= 15 is 0 Å². The van der Waals surface area contributed by atoms with E-state index in [1.807, 2.05) is 84.3 Å². The van der Waals surface area contributed by atoms with E-state index in [1.54, 1.807) is 0 Å². The molecule has 1 heterocycles. The highest BCUT2D eigenvalue weighted by Crippen LogP contribution is 2.30. The van der Waals surface area contributed by atoms with Crippen molar-refractivity contribution in [1.82, 2.24) is 14.8 Å². The number of amides is 1. The number of rotatable bonds is 6. The summed E-state index contributed by atoms with van der Waals surface area (Å²) in [6.07, 6.45) is 0. The Kier molecular flexibility index (Phi) is 5.95. The lowest BCUT2D eigenvalue weighted by Crippen LogP contribution is -2.22. The van der Waals surface area contributed by atoms with E-state index in [1.165, 1.54) is 17.3 Å². The van der Waals surface area contributed by atoms with Gasteiger partial charge in [0.05, 0.1) is 5.25 Å². The predicted molar refractivity (Wildman–Crippen MR) is 122 cm³/mol. The van der Waals surface area contributed by atoms with E-state index in [4.69, 9.17) is 0 Å². The number of carbonyl (C=O) groups excluding carboxylic acids is 1. The van der Waals surface area contributed by atoms with E-state index in [9.17, 15) is 4.79 Å². The summed E-state index contributed by atoms with van der Waals surface area (Å²) in [4.78, 5) is 12.7. The molecule has 5 nitrogen and oxygen atoms in total. The van der Waals surface area contributed by atoms with Crippen molar-refractivity contribution in [1.29, 1.82) is 0 Å². The number of nitrogens with one attached hydrogen (secondary N) is 1. The Morgan fingerprint density at radius 2 is 1.53 bits per heavy atom. The van der Waals surface area contributed by atoms with Crippen LogP contribution >= 0.6 is 11.8 Å². The van der Waals surface area contributed by atoms with Gasteiger partial charge in [0.2, 0.25) is 5.91 Å². The number of carbonyl (C=O) groups is 1. The number of hydrogen-bond donors (Lipinski definition) is 1. The van der Waals surface area contributed by atoms with Crippen molar-refractivity contribution < 1.29 is 4.79 Å². The molecule has 0 fully saturated rings. The molecule has 0 saturated carbocycles. The number of benzene rings is 3. The standard InChI is InChI=1S/C24H22N4OS/c1-17-13-15-19(16-14-17)22-26-27-24(28(22)21-11-7-4-8-12-21)30-18(2)23(29)25-20-9-5-3-6-10-20/h3-16,18H,1-2H3,(H,25,29)/t18-/m0/s1. The van der Waals surface area contributed by atoms with Crippen LogP contribution in [0.15, 0.2) is 90.1 Å². The molecule has 0 radical (unpaired) electrons. The average Bonchev–Trinajstić information content (AvgIpc) is 3.19. The van der Waals surface area contributed by atoms with Crippen molar-refractivity contribution in [2.75, 3.05) is 5.32 Å². The third-order valence-corrected chi connectivity index (χ3v) is 5.69. The summed E-state index contributed by atoms with van der Waals surface area (Å²) in [5, 5.41) is 12.1. The highest BCUT2D eigenvalue weighted by Gasteiger charge is 2.22. The topological polar surface area (TPSA) is 59.8 Å². The van der Waals surface area contributed by atoms with Crippen LogP contribution in [0.2, 0.25) is 0 Å². The number of para-hydroxylation sites is 2. The Labute approximate surface area is 180 Å². The predicted octanol–water partition coefficient (Wildman–Crippen LogP) is 5.36. The zero-order valence-corrected chi connectivity index (χ0v) is 17.6. The van der Waals surface area contributed by atoms with Gasteiger partial charge < -0.3 is 5.32 Å². The summed E-state index contributed by atoms with van der Waals surface area (Å²) in [6, 6.07) is 27.6. The number of aryl methyl sites for hydroxylation is 1. The molecule has 0 spiro atoms. The second-order valence-corrected chi connectivity index (χ2v) is 8.27. The van der Waals surface area contributed by atoms with Gasteiger partial charge in [0.15, 0.2) is 11.0 Å². The summed E-state index contributed by atoms with van der Waals surface area (Å²) >= 11 is 1.39. The number of thioether (sulfide) groups is 1. The Hall–Kier alpha value is -3.38. The zero-order valence-electron chi connectivity index (χ0n) is 16.8. The summed E-state index contributed by atoms with van der Waals surface area (Å²) < 4.78 is 2.00. The van der Waals surface area contributed by atoms with Gasteiger partial charge in [-0.15, -0.1) is 10.2 Å². The van der Waals surface area contributed by atoms with Gasteiger partial charge in [-0.05, 0) is 38.1 Å². The monoisotopic (exact) mass is 414 g/mol. The third-order valence-electron chi connectivity index (χ3n) is 4.65. The second kappa shape index (κ2) is 8.97. The van der Waals surface area contributed by atoms with E-state index in [0.717, 1.165) is 22.8 Å². The number of hydrogen-bond acceptors (Lipinski definition) is 4. The van der Waals surface area contributed by atoms with Crippen LogP contribution in [-0.4, -0.2) is 25.9 Å². The molecule has 150 valence electrons. The van der Waals surface area contributed by atoms with Crippen LogP contribution in [0.25, 0.3) is 17.1 Å². The number of anilines is 1. The highest BCUT2D eigenvalue weighted by molar-refractivity contribution is 8.00. The van der Waals surface area contributed by atoms with Gasteiger partial charge in [-0.2, -0.15) is 0 Å². The van der Waals surface area contributed by atoms with Gasteiger partial charge in [-0.1, -0.05) is 78.0 Å². The van der Waals surface area contributed by atoms with Crippen LogP contribution in [0, 0.1) is 6.92 Å². The minimum atomic E-state index is -0.345. The van der Waals surface area contributed by atoms with Crippen molar-refractivity contribution in [2.24, 2.45) is 0 Å². The first kappa shape index (κ1) is 19.9. The molecule has 0 aliphatic heterocycles. The Balaban J connectivity index is 1.64. The van der Waals surface area contributed by atoms with Gasteiger partial charge in [0, 0.05) is 16.9 Å². The van der Waals surface area contributed by atoms with Gasteiger partial charge >= 0.3 is 0 Å². The van der Waals surface area contributed by atoms with Crippen LogP contribution in [0.3, 0.4) is 0 Å². The first-order valence-corrected chi connectivity index (χ1v) is 10.6. The molecule has 0 aliphatic rings. The lowest BCUT2D eigenvalue weighted by Gasteiger charge is -2.14. The van der Waals surface area contributed by atoms with Gasteiger partial charge in [0.25, 0.3) is 0 Å². The smallest absolute Gasteiger partial charge is 0.237 e. The van der Waals surface area contributed by atoms with Crippen LogP contribution < -0.4 is 5.32 Å². The van der Waals surface area contributed by atoms with Crippen molar-refractivity contribution >= 4 is 23.4 Å². The van der Waals surface area contributed by atoms with Crippen molar-refractivity contribution in [3.8, 4) is 17.1 Å². The summed E-state index contributed by atoms with van der Waals surface area (Å²) in [5.74, 6) is 0.671. The normalized spacial score (nSPS) is 11.8. The zero-order chi connectivity index (χ0) is 20.9. The molecule has 4 aromatic rings. The quantitative estimate of drug-likeness (QED) is 0.431. The van der Waals surface area contributed by atoms with Gasteiger partial charge in [0.1, 0.15) is 0 Å². The number of nitrogens with zero attached hydrogens (tertiary/aromatic N) is 3. The molecular weight excluding hydrogens is 392 g/mol. The third kappa shape index (κ3) is 4.44. The lowest BCUT2D eigenvalue weighted by atomic mass is 10.1. The van der Waals surface area contributed by atoms with E-state index < -0.39 is 0 Å². The molecule has 3 aromatic carbocycles. The molecule has 4 rings (SSSR count). The van der Waals surface area contributed by atoms with E-state index in [-0.39, 0.29) is 11.2 Å². The first-order chi connectivity index (χ1) is 14.6. The average molecular weight is 415 g/mol. The SMILES string of the molecule is Cc1ccc(-c2nnc(S[C@@H](C)C(=O)Nc3ccccc3)n2-c2ccccc2)cc1. The van der Waals surface area contributed by atoms with Crippen molar-refractivity contribution in [3.05, 3.63) is 90.5 Å². The van der Waals surface area contributed by atoms with E-state index in [2.05, 4.69) is 34.6 Å². The summed E-state index contributed by atoms with van der Waals surface area (Å²) in [7, 11) is 0. The molecule has 6 heteroatoms. The molecule has 1 amide bonds. The maximum absolute atomic E-state index is 12.7. The van der Waals surface area contributed by atoms with Crippen molar-refractivity contribution in [3.63, 3.8) is 0 Å². The molecule has 0 aliphatic carbocycles. The van der Waals surface area contributed by atoms with Gasteiger partial charge in [-0.3, -0.25) is 9.36 Å². The highest BCUT2D eigenvalue weighted by atomic mass is 32.2. The fraction of sp³-hybridized carbons (Fsp3) is 0.125. The maximum Gasteiger partial charge on any atom is 0.237 e. The van der Waals surface area contributed by atoms with Gasteiger partial charge in [-0.25, -0.2) is 0 Å². The lowest BCUT2D eigenvalue weighted by molar-refractivity contribution is -0.115. The minimum Gasteiger partial charge on any atom is -0.325 e. The molecule has 30 heavy (non-hydrogen) atoms. The van der Waals surface area contributed by atoms with Crippen LogP contribution in [0.1, 0.15) is 12.5 Å². The van der Waals surface area contributed by atoms with E-state index in [0.29, 0.717) is 5.16 Å². The summed E-state index contributed by atoms with van der Waals surface area (Å²) in [5.41, 5.74) is 3.89. The Morgan fingerprint density at radius 3 is 2.20 bits per heavy atom. The molecule has 1 N–H and O–H groups in total. The number of aromatic nitrogens is 3. The maximum atomic E-state index is 12.7. The first-order valence-electron chi connectivity index (χ1n) is 9.72. The largest absolute Gasteiger partial charge is 0.325 e. The van der Waals surface area contributed by atoms with Crippen LogP contribution in [-0.2, 0) is 4.79 Å². The molecule has 0 saturated heterocycles. The fourth-order valence-corrected chi connectivity index (χ4v) is 3.89. The molecule has 1 aromatic heterocycles. The molecule has 0 bridgehead atoms. The minimum absolute atomic E-state index is 0.0781. The van der Waals surface area contributed by atoms with Crippen LogP contribution in [0.4, 0.5) is 5.69 Å². The second-order valence-electron chi connectivity index (χ2n) is 6.96. The Bertz CT molecular complexity index is 1130. The molecule has 0 unspecified atom stereocenters. The van der Waals surface area contributed by atoms with Crippen LogP contribution in [0.5, 0.6) is 0 Å². The Morgan fingerprint density at radius 1 is 0.900 bits per heavy atom. The molecule has 1 atom stereocenters. The van der Waals surface area contributed by atoms with Crippen molar-refractivity contribution in [2.45, 2.75) is 24.3 Å². The molecular formula is C24H22N4OS.